The van der Waals surface area contributed by atoms with Crippen molar-refractivity contribution in [1.29, 1.82) is 0 Å². The van der Waals surface area contributed by atoms with Gasteiger partial charge in [-0.15, -0.1) is 0 Å². The maximum absolute atomic E-state index is 11.8. The number of aromatic hydroxyl groups is 1. The van der Waals surface area contributed by atoms with Crippen molar-refractivity contribution in [3.05, 3.63) is 35.4 Å². The number of methoxy groups -OCH3 is 2. The summed E-state index contributed by atoms with van der Waals surface area (Å²) in [6.07, 6.45) is 3.19. The monoisotopic (exact) mass is 260 g/mol. The zero-order valence-corrected chi connectivity index (χ0v) is 11.0. The van der Waals surface area contributed by atoms with Gasteiger partial charge in [-0.25, -0.2) is 0 Å². The zero-order chi connectivity index (χ0) is 14.0. The van der Waals surface area contributed by atoms with Crippen molar-refractivity contribution < 1.29 is 19.4 Å². The number of ketones is 1. The van der Waals surface area contributed by atoms with E-state index in [-0.39, 0.29) is 11.5 Å². The normalized spacial score (nSPS) is 17.1. The summed E-state index contributed by atoms with van der Waals surface area (Å²) < 4.78 is 10.2. The molecule has 19 heavy (non-hydrogen) atoms. The van der Waals surface area contributed by atoms with Gasteiger partial charge in [-0.1, -0.05) is 6.58 Å². The smallest absolute Gasteiger partial charge is 0.200 e. The Kier molecular flexibility index (Phi) is 3.60. The minimum Gasteiger partial charge on any atom is -0.502 e. The molecule has 100 valence electrons. The molecule has 4 heteroatoms. The molecule has 0 aromatic heterocycles. The summed E-state index contributed by atoms with van der Waals surface area (Å²) in [6.45, 7) is 3.73. The van der Waals surface area contributed by atoms with Gasteiger partial charge in [-0.2, -0.15) is 0 Å². The largest absolute Gasteiger partial charge is 0.502 e. The topological polar surface area (TPSA) is 55.8 Å². The summed E-state index contributed by atoms with van der Waals surface area (Å²) in [5.74, 6) is 0.589. The first-order valence-corrected chi connectivity index (χ1v) is 5.95. The number of carbonyl (C=O) groups excluding carboxylic acids is 1. The lowest BCUT2D eigenvalue weighted by Gasteiger charge is -2.09. The van der Waals surface area contributed by atoms with E-state index in [0.717, 1.165) is 11.1 Å². The number of Topliss-reactive ketones (excluding diaryl/α,β-unsaturated/α-hetero) is 1. The Balaban J connectivity index is 2.43. The van der Waals surface area contributed by atoms with Gasteiger partial charge < -0.3 is 14.6 Å². The lowest BCUT2D eigenvalue weighted by Crippen LogP contribution is -1.95. The van der Waals surface area contributed by atoms with Gasteiger partial charge in [0, 0.05) is 5.57 Å². The Morgan fingerprint density at radius 1 is 1.21 bits per heavy atom. The molecule has 0 heterocycles. The summed E-state index contributed by atoms with van der Waals surface area (Å²) in [7, 11) is 2.93. The summed E-state index contributed by atoms with van der Waals surface area (Å²) in [5.41, 5.74) is 2.12. The number of rotatable bonds is 3. The quantitative estimate of drug-likeness (QED) is 0.849. The van der Waals surface area contributed by atoms with Crippen molar-refractivity contribution in [2.75, 3.05) is 14.2 Å². The average molecular weight is 260 g/mol. The molecule has 1 aliphatic carbocycles. The molecule has 1 fully saturated rings. The fraction of sp³-hybridized carbons (Fsp3) is 0.267. The molecule has 0 spiro atoms. The van der Waals surface area contributed by atoms with E-state index in [4.69, 9.17) is 9.47 Å². The predicted octanol–water partition coefficient (Wildman–Crippen LogP) is 2.71. The molecule has 1 aliphatic rings. The number of benzene rings is 1. The van der Waals surface area contributed by atoms with Gasteiger partial charge in [-0.05, 0) is 42.2 Å². The first kappa shape index (κ1) is 13.2. The summed E-state index contributed by atoms with van der Waals surface area (Å²) in [6, 6.07) is 3.33. The number of hydrogen-bond acceptors (Lipinski definition) is 4. The van der Waals surface area contributed by atoms with E-state index < -0.39 is 0 Å². The molecule has 0 unspecified atom stereocenters. The Morgan fingerprint density at radius 3 is 2.21 bits per heavy atom. The van der Waals surface area contributed by atoms with E-state index in [1.807, 2.05) is 0 Å². The van der Waals surface area contributed by atoms with Crippen molar-refractivity contribution in [2.24, 2.45) is 0 Å². The van der Waals surface area contributed by atoms with Crippen molar-refractivity contribution in [1.82, 2.24) is 0 Å². The Bertz CT molecular complexity index is 545. The first-order chi connectivity index (χ1) is 9.06. The van der Waals surface area contributed by atoms with Gasteiger partial charge in [0.25, 0.3) is 0 Å². The van der Waals surface area contributed by atoms with E-state index in [0.29, 0.717) is 29.9 Å². The number of ether oxygens (including phenoxy) is 2. The minimum absolute atomic E-state index is 0.00556. The number of phenols is 1. The number of hydrogen-bond donors (Lipinski definition) is 1. The molecule has 1 aromatic rings. The van der Waals surface area contributed by atoms with Gasteiger partial charge in [-0.3, -0.25) is 4.79 Å². The molecular weight excluding hydrogens is 244 g/mol. The second kappa shape index (κ2) is 5.18. The maximum atomic E-state index is 11.8. The van der Waals surface area contributed by atoms with Crippen LogP contribution in [0.3, 0.4) is 0 Å². The molecule has 1 aromatic carbocycles. The van der Waals surface area contributed by atoms with Crippen LogP contribution in [0.25, 0.3) is 6.08 Å². The van der Waals surface area contributed by atoms with Gasteiger partial charge in [0.1, 0.15) is 0 Å². The predicted molar refractivity (Wildman–Crippen MR) is 72.6 cm³/mol. The number of carbonyl (C=O) groups is 1. The highest BCUT2D eigenvalue weighted by Crippen LogP contribution is 2.38. The third kappa shape index (κ3) is 2.47. The van der Waals surface area contributed by atoms with Crippen molar-refractivity contribution in [3.63, 3.8) is 0 Å². The van der Waals surface area contributed by atoms with Crippen molar-refractivity contribution >= 4 is 11.9 Å². The summed E-state index contributed by atoms with van der Waals surface area (Å²) in [5, 5.41) is 9.82. The molecule has 0 aliphatic heterocycles. The van der Waals surface area contributed by atoms with Crippen molar-refractivity contribution in [2.45, 2.75) is 12.8 Å². The maximum Gasteiger partial charge on any atom is 0.200 e. The fourth-order valence-corrected chi connectivity index (χ4v) is 2.08. The molecule has 0 bridgehead atoms. The lowest BCUT2D eigenvalue weighted by atomic mass is 10.1. The van der Waals surface area contributed by atoms with Crippen LogP contribution in [0.5, 0.6) is 17.2 Å². The average Bonchev–Trinajstić information content (AvgIpc) is 2.72. The summed E-state index contributed by atoms with van der Waals surface area (Å²) in [4.78, 5) is 11.8. The number of phenolic OH excluding ortho intramolecular Hbond substituents is 1. The standard InChI is InChI=1S/C15H16O4/c1-9-4-5-11(14(9)16)6-10-7-12(18-2)15(17)13(8-10)19-3/h6-8,17H,1,4-5H2,2-3H3/b11-6+. The highest BCUT2D eigenvalue weighted by atomic mass is 16.5. The van der Waals surface area contributed by atoms with E-state index in [9.17, 15) is 9.90 Å². The molecule has 4 nitrogen and oxygen atoms in total. The van der Waals surface area contributed by atoms with Crippen LogP contribution in [0.15, 0.2) is 29.9 Å². The van der Waals surface area contributed by atoms with E-state index in [1.165, 1.54) is 14.2 Å². The third-order valence-electron chi connectivity index (χ3n) is 3.15. The Hall–Kier alpha value is -2.23. The van der Waals surface area contributed by atoms with E-state index in [1.54, 1.807) is 18.2 Å². The third-order valence-corrected chi connectivity index (χ3v) is 3.15. The van der Waals surface area contributed by atoms with Crippen LogP contribution in [0, 0.1) is 0 Å². The van der Waals surface area contributed by atoms with E-state index in [2.05, 4.69) is 6.58 Å². The molecule has 0 amide bonds. The van der Waals surface area contributed by atoms with Crippen LogP contribution in [0.1, 0.15) is 18.4 Å². The molecule has 1 N–H and O–H groups in total. The van der Waals surface area contributed by atoms with Gasteiger partial charge in [0.15, 0.2) is 17.3 Å². The highest BCUT2D eigenvalue weighted by Gasteiger charge is 2.21. The van der Waals surface area contributed by atoms with Gasteiger partial charge in [0.2, 0.25) is 5.75 Å². The molecule has 0 atom stereocenters. The molecule has 1 saturated carbocycles. The molecule has 0 radical (unpaired) electrons. The molecule has 2 rings (SSSR count). The fourth-order valence-electron chi connectivity index (χ4n) is 2.08. The second-order valence-electron chi connectivity index (χ2n) is 4.38. The SMILES string of the molecule is C=C1CC/C(=C\c2cc(OC)c(O)c(OC)c2)C1=O. The van der Waals surface area contributed by atoms with E-state index >= 15 is 0 Å². The molecule has 0 saturated heterocycles. The van der Waals surface area contributed by atoms with Crippen LogP contribution >= 0.6 is 0 Å². The van der Waals surface area contributed by atoms with Gasteiger partial charge >= 0.3 is 0 Å². The van der Waals surface area contributed by atoms with Crippen LogP contribution in [-0.4, -0.2) is 25.1 Å². The minimum atomic E-state index is -0.0469. The Morgan fingerprint density at radius 2 is 1.79 bits per heavy atom. The van der Waals surface area contributed by atoms with Crippen LogP contribution < -0.4 is 9.47 Å². The summed E-state index contributed by atoms with van der Waals surface area (Å²) >= 11 is 0. The second-order valence-corrected chi connectivity index (χ2v) is 4.38. The number of allylic oxidation sites excluding steroid dienone is 2. The zero-order valence-electron chi connectivity index (χ0n) is 11.0. The van der Waals surface area contributed by atoms with Crippen molar-refractivity contribution in [3.8, 4) is 17.2 Å². The van der Waals surface area contributed by atoms with Gasteiger partial charge in [0.05, 0.1) is 14.2 Å². The highest BCUT2D eigenvalue weighted by molar-refractivity contribution is 6.12. The Labute approximate surface area is 112 Å². The van der Waals surface area contributed by atoms with Crippen LogP contribution in [0.4, 0.5) is 0 Å². The van der Waals surface area contributed by atoms with Crippen LogP contribution in [0.2, 0.25) is 0 Å². The lowest BCUT2D eigenvalue weighted by molar-refractivity contribution is -0.111. The molecular formula is C15H16O4. The van der Waals surface area contributed by atoms with Crippen LogP contribution in [-0.2, 0) is 4.79 Å². The first-order valence-electron chi connectivity index (χ1n) is 5.95.